The maximum Gasteiger partial charge on any atom is 0.320 e. The van der Waals surface area contributed by atoms with Crippen molar-refractivity contribution in [3.05, 3.63) is 35.6 Å². The number of primary amides is 1. The molecule has 10 nitrogen and oxygen atoms in total. The van der Waals surface area contributed by atoms with Gasteiger partial charge >= 0.3 is 11.9 Å². The monoisotopic (exact) mass is 439 g/mol. The number of methoxy groups -OCH3 is 2. The van der Waals surface area contributed by atoms with Gasteiger partial charge in [0, 0.05) is 19.3 Å². The Morgan fingerprint density at radius 3 is 2.03 bits per heavy atom. The molecule has 0 spiro atoms. The first-order chi connectivity index (χ1) is 14.5. The minimum absolute atomic E-state index is 0.155. The molecule has 0 heterocycles. The minimum Gasteiger partial charge on any atom is -0.468 e. The first-order valence-corrected chi connectivity index (χ1v) is 9.29. The third kappa shape index (κ3) is 7.05. The van der Waals surface area contributed by atoms with E-state index in [9.17, 15) is 28.4 Å². The highest BCUT2D eigenvalue weighted by atomic mass is 19.1. The number of hydrogen-bond acceptors (Lipinski definition) is 7. The third-order valence-electron chi connectivity index (χ3n) is 4.64. The van der Waals surface area contributed by atoms with Crippen LogP contribution in [0.4, 0.5) is 4.39 Å². The maximum atomic E-state index is 14.0. The van der Waals surface area contributed by atoms with Crippen LogP contribution in [0.1, 0.15) is 19.4 Å². The fourth-order valence-electron chi connectivity index (χ4n) is 3.03. The molecule has 1 aromatic rings. The minimum atomic E-state index is -1.54. The van der Waals surface area contributed by atoms with Gasteiger partial charge in [0.15, 0.2) is 5.92 Å². The molecule has 0 unspecified atom stereocenters. The van der Waals surface area contributed by atoms with Crippen molar-refractivity contribution in [1.82, 2.24) is 10.6 Å². The van der Waals surface area contributed by atoms with E-state index in [0.29, 0.717) is 0 Å². The summed E-state index contributed by atoms with van der Waals surface area (Å²) in [6.45, 7) is 2.50. The topological polar surface area (TPSA) is 154 Å². The van der Waals surface area contributed by atoms with Crippen molar-refractivity contribution in [2.75, 3.05) is 14.2 Å². The number of esters is 2. The number of carbonyl (C=O) groups is 5. The predicted molar refractivity (Wildman–Crippen MR) is 106 cm³/mol. The number of hydrogen-bond donors (Lipinski definition) is 3. The van der Waals surface area contributed by atoms with E-state index >= 15 is 0 Å². The Morgan fingerprint density at radius 2 is 1.58 bits per heavy atom. The van der Waals surface area contributed by atoms with Gasteiger partial charge in [0.25, 0.3) is 0 Å². The summed E-state index contributed by atoms with van der Waals surface area (Å²) >= 11 is 0. The molecule has 0 aromatic heterocycles. The van der Waals surface area contributed by atoms with Crippen LogP contribution in [-0.4, -0.2) is 56.0 Å². The van der Waals surface area contributed by atoms with Crippen molar-refractivity contribution >= 4 is 29.7 Å². The summed E-state index contributed by atoms with van der Waals surface area (Å²) < 4.78 is 23.2. The van der Waals surface area contributed by atoms with Crippen LogP contribution >= 0.6 is 0 Å². The summed E-state index contributed by atoms with van der Waals surface area (Å²) in [5, 5.41) is 4.72. The first kappa shape index (κ1) is 25.5. The summed E-state index contributed by atoms with van der Waals surface area (Å²) in [6.07, 6.45) is -0.213. The molecule has 0 aliphatic heterocycles. The predicted octanol–water partition coefficient (Wildman–Crippen LogP) is -0.559. The van der Waals surface area contributed by atoms with Crippen molar-refractivity contribution in [2.24, 2.45) is 17.6 Å². The molecule has 0 saturated heterocycles. The zero-order valence-electron chi connectivity index (χ0n) is 17.6. The van der Waals surface area contributed by atoms with E-state index in [1.807, 2.05) is 0 Å². The summed E-state index contributed by atoms with van der Waals surface area (Å²) in [4.78, 5) is 60.5. The van der Waals surface area contributed by atoms with Crippen LogP contribution < -0.4 is 16.4 Å². The SMILES string of the molecule is COC(=O)C(C(=O)OC)[C@H](C)[C@H](NC(=O)[C@H](Cc1ccccc1F)NC(C)=O)C(N)=O. The van der Waals surface area contributed by atoms with Gasteiger partial charge in [-0.15, -0.1) is 0 Å². The van der Waals surface area contributed by atoms with Crippen molar-refractivity contribution in [2.45, 2.75) is 32.4 Å². The van der Waals surface area contributed by atoms with Crippen LogP contribution in [0.3, 0.4) is 0 Å². The second-order valence-electron chi connectivity index (χ2n) is 6.82. The van der Waals surface area contributed by atoms with E-state index in [2.05, 4.69) is 20.1 Å². The maximum absolute atomic E-state index is 14.0. The largest absolute Gasteiger partial charge is 0.468 e. The molecule has 170 valence electrons. The normalized spacial score (nSPS) is 13.5. The number of nitrogens with two attached hydrogens (primary N) is 1. The average Bonchev–Trinajstić information content (AvgIpc) is 2.71. The van der Waals surface area contributed by atoms with Crippen LogP contribution in [0.15, 0.2) is 24.3 Å². The zero-order chi connectivity index (χ0) is 23.7. The number of amides is 3. The van der Waals surface area contributed by atoms with Crippen LogP contribution in [0.25, 0.3) is 0 Å². The zero-order valence-corrected chi connectivity index (χ0v) is 17.6. The molecule has 0 aliphatic rings. The number of carbonyl (C=O) groups excluding carboxylic acids is 5. The average molecular weight is 439 g/mol. The molecule has 0 saturated carbocycles. The lowest BCUT2D eigenvalue weighted by Gasteiger charge is -2.28. The molecular formula is C20H26FN3O7. The summed E-state index contributed by atoms with van der Waals surface area (Å²) in [6, 6.07) is 2.93. The number of ether oxygens (including phenoxy) is 2. The molecule has 0 aliphatic carbocycles. The highest BCUT2D eigenvalue weighted by Crippen LogP contribution is 2.20. The van der Waals surface area contributed by atoms with E-state index in [4.69, 9.17) is 5.73 Å². The van der Waals surface area contributed by atoms with Gasteiger partial charge in [-0.25, -0.2) is 4.39 Å². The van der Waals surface area contributed by atoms with Gasteiger partial charge in [0.1, 0.15) is 17.9 Å². The van der Waals surface area contributed by atoms with E-state index in [-0.39, 0.29) is 12.0 Å². The van der Waals surface area contributed by atoms with Crippen LogP contribution in [-0.2, 0) is 39.9 Å². The van der Waals surface area contributed by atoms with E-state index in [1.54, 1.807) is 6.07 Å². The molecule has 0 radical (unpaired) electrons. The van der Waals surface area contributed by atoms with Crippen LogP contribution in [0.5, 0.6) is 0 Å². The number of halogens is 1. The lowest BCUT2D eigenvalue weighted by molar-refractivity contribution is -0.162. The Morgan fingerprint density at radius 1 is 1.03 bits per heavy atom. The van der Waals surface area contributed by atoms with Gasteiger partial charge in [-0.05, 0) is 11.6 Å². The second-order valence-corrected chi connectivity index (χ2v) is 6.82. The molecule has 1 rings (SSSR count). The van der Waals surface area contributed by atoms with Gasteiger partial charge < -0.3 is 25.8 Å². The molecule has 31 heavy (non-hydrogen) atoms. The fraction of sp³-hybridized carbons (Fsp3) is 0.450. The molecule has 11 heteroatoms. The quantitative estimate of drug-likeness (QED) is 0.326. The van der Waals surface area contributed by atoms with Gasteiger partial charge in [0.05, 0.1) is 14.2 Å². The van der Waals surface area contributed by atoms with Gasteiger partial charge in [-0.1, -0.05) is 25.1 Å². The highest BCUT2D eigenvalue weighted by Gasteiger charge is 2.42. The van der Waals surface area contributed by atoms with Crippen LogP contribution in [0, 0.1) is 17.7 Å². The Labute approximate surface area is 178 Å². The summed E-state index contributed by atoms with van der Waals surface area (Å²) in [7, 11) is 2.09. The highest BCUT2D eigenvalue weighted by molar-refractivity contribution is 5.97. The second kappa shape index (κ2) is 11.6. The Balaban J connectivity index is 3.16. The number of benzene rings is 1. The van der Waals surface area contributed by atoms with Crippen molar-refractivity contribution in [3.8, 4) is 0 Å². The summed E-state index contributed by atoms with van der Waals surface area (Å²) in [5.41, 5.74) is 5.53. The Kier molecular flexibility index (Phi) is 9.58. The molecule has 1 aromatic carbocycles. The Hall–Kier alpha value is -3.50. The van der Waals surface area contributed by atoms with Crippen molar-refractivity contribution < 1.29 is 37.8 Å². The summed E-state index contributed by atoms with van der Waals surface area (Å²) in [5.74, 6) is -7.70. The lowest BCUT2D eigenvalue weighted by atomic mass is 9.86. The molecule has 0 bridgehead atoms. The fourth-order valence-corrected chi connectivity index (χ4v) is 3.03. The van der Waals surface area contributed by atoms with E-state index in [0.717, 1.165) is 14.2 Å². The van der Waals surface area contributed by atoms with E-state index in [1.165, 1.54) is 32.0 Å². The molecule has 0 fully saturated rings. The smallest absolute Gasteiger partial charge is 0.320 e. The standard InChI is InChI=1S/C20H26FN3O7/c1-10(15(19(28)30-3)20(29)31-4)16(17(22)26)24-18(27)14(23-11(2)25)9-12-7-5-6-8-13(12)21/h5-8,10,14-16H,9H2,1-4H3,(H2,22,26)(H,23,25)(H,24,27)/t10-,14-,16-/m0/s1. The first-order valence-electron chi connectivity index (χ1n) is 9.29. The van der Waals surface area contributed by atoms with Crippen molar-refractivity contribution in [1.29, 1.82) is 0 Å². The van der Waals surface area contributed by atoms with Gasteiger partial charge in [0.2, 0.25) is 17.7 Å². The van der Waals surface area contributed by atoms with Gasteiger partial charge in [-0.2, -0.15) is 0 Å². The molecular weight excluding hydrogens is 413 g/mol. The van der Waals surface area contributed by atoms with E-state index < -0.39 is 59.4 Å². The molecule has 4 N–H and O–H groups in total. The van der Waals surface area contributed by atoms with Crippen molar-refractivity contribution in [3.63, 3.8) is 0 Å². The van der Waals surface area contributed by atoms with Crippen LogP contribution in [0.2, 0.25) is 0 Å². The Bertz CT molecular complexity index is 830. The molecule has 3 amide bonds. The number of rotatable bonds is 10. The van der Waals surface area contributed by atoms with Gasteiger partial charge in [-0.3, -0.25) is 24.0 Å². The third-order valence-corrected chi connectivity index (χ3v) is 4.64. The molecule has 3 atom stereocenters. The number of nitrogens with one attached hydrogen (secondary N) is 2. The lowest BCUT2D eigenvalue weighted by Crippen LogP contribution is -2.57.